The van der Waals surface area contributed by atoms with E-state index in [-0.39, 0.29) is 30.8 Å². The van der Waals surface area contributed by atoms with Crippen molar-refractivity contribution in [3.05, 3.63) is 53.9 Å². The van der Waals surface area contributed by atoms with Crippen LogP contribution in [0.15, 0.2) is 42.6 Å². The Labute approximate surface area is 139 Å². The number of aliphatic hydroxyl groups excluding tert-OH is 1. The lowest BCUT2D eigenvalue weighted by atomic mass is 9.76. The van der Waals surface area contributed by atoms with Gasteiger partial charge in [0.05, 0.1) is 17.8 Å². The van der Waals surface area contributed by atoms with Crippen LogP contribution in [-0.4, -0.2) is 28.9 Å². The third-order valence-electron chi connectivity index (χ3n) is 4.55. The number of ether oxygens (including phenoxy) is 2. The van der Waals surface area contributed by atoms with Gasteiger partial charge in [-0.25, -0.2) is 0 Å². The van der Waals surface area contributed by atoms with E-state index in [0.29, 0.717) is 29.9 Å². The van der Waals surface area contributed by atoms with Gasteiger partial charge in [0.15, 0.2) is 11.5 Å². The summed E-state index contributed by atoms with van der Waals surface area (Å²) in [5.74, 6) is 1.23. The minimum absolute atomic E-state index is 0.178. The zero-order chi connectivity index (χ0) is 16.5. The number of hydrogen-bond donors (Lipinski definition) is 2. The topological polar surface area (TPSA) is 80.7 Å². The van der Waals surface area contributed by atoms with Crippen LogP contribution in [0.25, 0.3) is 0 Å². The van der Waals surface area contributed by atoms with E-state index >= 15 is 0 Å². The van der Waals surface area contributed by atoms with Gasteiger partial charge in [-0.1, -0.05) is 6.07 Å². The van der Waals surface area contributed by atoms with Gasteiger partial charge in [-0.2, -0.15) is 0 Å². The highest BCUT2D eigenvalue weighted by Crippen LogP contribution is 2.38. The number of pyridine rings is 1. The minimum atomic E-state index is -0.288. The molecule has 2 aliphatic rings. The van der Waals surface area contributed by atoms with Crippen molar-refractivity contribution in [3.8, 4) is 11.5 Å². The SMILES string of the molecule is O=C(N[C@@H](c1ccccn1)C1CC(O)C1)c1ccc2c(c1)OCO2. The van der Waals surface area contributed by atoms with E-state index in [4.69, 9.17) is 9.47 Å². The maximum atomic E-state index is 12.7. The van der Waals surface area contributed by atoms with Crippen LogP contribution in [0.4, 0.5) is 0 Å². The van der Waals surface area contributed by atoms with Gasteiger partial charge in [-0.3, -0.25) is 9.78 Å². The summed E-state index contributed by atoms with van der Waals surface area (Å²) in [4.78, 5) is 17.0. The van der Waals surface area contributed by atoms with Crippen LogP contribution < -0.4 is 14.8 Å². The zero-order valence-electron chi connectivity index (χ0n) is 13.0. The lowest BCUT2D eigenvalue weighted by molar-refractivity contribution is 0.0228. The molecule has 4 rings (SSSR count). The molecule has 1 aromatic carbocycles. The maximum absolute atomic E-state index is 12.7. The Hall–Kier alpha value is -2.60. The predicted octanol–water partition coefficient (Wildman–Crippen LogP) is 2.05. The molecule has 1 atom stereocenters. The molecule has 0 saturated heterocycles. The van der Waals surface area contributed by atoms with E-state index in [1.54, 1.807) is 24.4 Å². The first-order chi connectivity index (χ1) is 11.7. The second-order valence-corrected chi connectivity index (χ2v) is 6.16. The van der Waals surface area contributed by atoms with Gasteiger partial charge < -0.3 is 19.9 Å². The van der Waals surface area contributed by atoms with Crippen LogP contribution in [0.5, 0.6) is 11.5 Å². The highest BCUT2D eigenvalue weighted by Gasteiger charge is 2.36. The van der Waals surface area contributed by atoms with Gasteiger partial charge in [0.2, 0.25) is 6.79 Å². The van der Waals surface area contributed by atoms with Crippen molar-refractivity contribution in [2.75, 3.05) is 6.79 Å². The van der Waals surface area contributed by atoms with E-state index < -0.39 is 0 Å². The molecule has 2 heterocycles. The van der Waals surface area contributed by atoms with E-state index in [9.17, 15) is 9.90 Å². The molecule has 1 amide bonds. The summed E-state index contributed by atoms with van der Waals surface area (Å²) in [6.07, 6.45) is 2.76. The monoisotopic (exact) mass is 326 g/mol. The largest absolute Gasteiger partial charge is 0.454 e. The van der Waals surface area contributed by atoms with Crippen molar-refractivity contribution in [1.82, 2.24) is 10.3 Å². The first-order valence-corrected chi connectivity index (χ1v) is 8.00. The molecular weight excluding hydrogens is 308 g/mol. The Bertz CT molecular complexity index is 744. The molecule has 0 radical (unpaired) electrons. The number of nitrogens with zero attached hydrogens (tertiary/aromatic N) is 1. The van der Waals surface area contributed by atoms with Gasteiger partial charge in [-0.05, 0) is 49.1 Å². The molecule has 2 aromatic rings. The van der Waals surface area contributed by atoms with Crippen molar-refractivity contribution in [2.45, 2.75) is 25.0 Å². The highest BCUT2D eigenvalue weighted by atomic mass is 16.7. The molecule has 1 aromatic heterocycles. The Kier molecular flexibility index (Phi) is 3.82. The number of aliphatic hydroxyl groups is 1. The molecule has 124 valence electrons. The molecule has 24 heavy (non-hydrogen) atoms. The number of amides is 1. The number of nitrogens with one attached hydrogen (secondary N) is 1. The lowest BCUT2D eigenvalue weighted by Crippen LogP contribution is -2.41. The van der Waals surface area contributed by atoms with Crippen LogP contribution in [-0.2, 0) is 0 Å². The number of carbonyl (C=O) groups excluding carboxylic acids is 1. The summed E-state index contributed by atoms with van der Waals surface area (Å²) in [6, 6.07) is 10.6. The minimum Gasteiger partial charge on any atom is -0.454 e. The van der Waals surface area contributed by atoms with Crippen LogP contribution in [0, 0.1) is 5.92 Å². The maximum Gasteiger partial charge on any atom is 0.251 e. The third-order valence-corrected chi connectivity index (χ3v) is 4.55. The zero-order valence-corrected chi connectivity index (χ0v) is 13.0. The Morgan fingerprint density at radius 1 is 1.21 bits per heavy atom. The second-order valence-electron chi connectivity index (χ2n) is 6.16. The van der Waals surface area contributed by atoms with Gasteiger partial charge >= 0.3 is 0 Å². The molecule has 2 N–H and O–H groups in total. The predicted molar refractivity (Wildman–Crippen MR) is 85.7 cm³/mol. The number of aromatic nitrogens is 1. The summed E-state index contributed by atoms with van der Waals surface area (Å²) in [5, 5.41) is 12.7. The van der Waals surface area contributed by atoms with E-state index in [0.717, 1.165) is 5.69 Å². The molecule has 6 nitrogen and oxygen atoms in total. The molecule has 1 saturated carbocycles. The van der Waals surface area contributed by atoms with Gasteiger partial charge in [0.1, 0.15) is 0 Å². The van der Waals surface area contributed by atoms with Crippen molar-refractivity contribution >= 4 is 5.91 Å². The summed E-state index contributed by atoms with van der Waals surface area (Å²) < 4.78 is 10.6. The third kappa shape index (κ3) is 2.80. The van der Waals surface area contributed by atoms with E-state index in [1.165, 1.54) is 0 Å². The Morgan fingerprint density at radius 3 is 2.79 bits per heavy atom. The first-order valence-electron chi connectivity index (χ1n) is 8.00. The number of rotatable bonds is 4. The fraction of sp³-hybridized carbons (Fsp3) is 0.333. The Balaban J connectivity index is 1.55. The van der Waals surface area contributed by atoms with Gasteiger partial charge in [0.25, 0.3) is 5.91 Å². The molecule has 1 aliphatic carbocycles. The molecule has 0 unspecified atom stereocenters. The van der Waals surface area contributed by atoms with Crippen LogP contribution in [0.3, 0.4) is 0 Å². The second kappa shape index (κ2) is 6.13. The average molecular weight is 326 g/mol. The normalized spacial score (nSPS) is 22.5. The molecular formula is C18H18N2O4. The van der Waals surface area contributed by atoms with Crippen molar-refractivity contribution < 1.29 is 19.4 Å². The van der Waals surface area contributed by atoms with E-state index in [2.05, 4.69) is 10.3 Å². The molecule has 1 fully saturated rings. The average Bonchev–Trinajstić information content (AvgIpc) is 3.05. The number of benzene rings is 1. The Morgan fingerprint density at radius 2 is 2.04 bits per heavy atom. The van der Waals surface area contributed by atoms with Crippen molar-refractivity contribution in [3.63, 3.8) is 0 Å². The number of fused-ring (bicyclic) bond motifs is 1. The summed E-state index contributed by atoms with van der Waals surface area (Å²) in [7, 11) is 0. The van der Waals surface area contributed by atoms with Gasteiger partial charge in [-0.15, -0.1) is 0 Å². The highest BCUT2D eigenvalue weighted by molar-refractivity contribution is 5.95. The van der Waals surface area contributed by atoms with Crippen molar-refractivity contribution in [1.29, 1.82) is 0 Å². The van der Waals surface area contributed by atoms with Crippen LogP contribution in [0.1, 0.15) is 34.9 Å². The quantitative estimate of drug-likeness (QED) is 0.899. The van der Waals surface area contributed by atoms with Crippen LogP contribution in [0.2, 0.25) is 0 Å². The summed E-state index contributed by atoms with van der Waals surface area (Å²) in [5.41, 5.74) is 1.32. The van der Waals surface area contributed by atoms with Gasteiger partial charge in [0, 0.05) is 11.8 Å². The lowest BCUT2D eigenvalue weighted by Gasteiger charge is -2.37. The summed E-state index contributed by atoms with van der Waals surface area (Å²) >= 11 is 0. The molecule has 1 aliphatic heterocycles. The van der Waals surface area contributed by atoms with Crippen molar-refractivity contribution in [2.24, 2.45) is 5.92 Å². The van der Waals surface area contributed by atoms with E-state index in [1.807, 2.05) is 18.2 Å². The number of carbonyl (C=O) groups is 1. The molecule has 0 spiro atoms. The molecule has 0 bridgehead atoms. The first kappa shape index (κ1) is 15.0. The fourth-order valence-electron chi connectivity index (χ4n) is 3.16. The fourth-order valence-corrected chi connectivity index (χ4v) is 3.16. The summed E-state index contributed by atoms with van der Waals surface area (Å²) in [6.45, 7) is 0.178. The molecule has 6 heteroatoms. The number of hydrogen-bond acceptors (Lipinski definition) is 5. The smallest absolute Gasteiger partial charge is 0.251 e. The standard InChI is InChI=1S/C18H18N2O4/c21-13-7-12(8-13)17(14-3-1-2-6-19-14)20-18(22)11-4-5-15-16(9-11)24-10-23-15/h1-6,9,12-13,17,21H,7-8,10H2,(H,20,22)/t12?,13?,17-/m1/s1. The van der Waals surface area contributed by atoms with Crippen LogP contribution >= 0.6 is 0 Å².